The number of benzene rings is 1. The lowest BCUT2D eigenvalue weighted by molar-refractivity contribution is 0.140. The van der Waals surface area contributed by atoms with Crippen LogP contribution in [0, 0.1) is 5.92 Å². The molecule has 2 aromatic heterocycles. The van der Waals surface area contributed by atoms with Crippen molar-refractivity contribution in [3.8, 4) is 0 Å². The Morgan fingerprint density at radius 1 is 1.20 bits per heavy atom. The zero-order valence-electron chi connectivity index (χ0n) is 14.5. The number of aliphatic hydroxyl groups excluding tert-OH is 1. The number of hydrogen-bond acceptors (Lipinski definition) is 4. The van der Waals surface area contributed by atoms with Gasteiger partial charge in [0.15, 0.2) is 0 Å². The maximum Gasteiger partial charge on any atom is 0.0711 e. The number of fused-ring (bicyclic) bond motifs is 1. The van der Waals surface area contributed by atoms with Crippen LogP contribution in [-0.4, -0.2) is 43.7 Å². The van der Waals surface area contributed by atoms with Gasteiger partial charge in [-0.25, -0.2) is 0 Å². The Labute approximate surface area is 147 Å². The molecule has 0 bridgehead atoms. The third-order valence-electron chi connectivity index (χ3n) is 5.21. The molecule has 1 aliphatic rings. The van der Waals surface area contributed by atoms with Crippen molar-refractivity contribution in [2.75, 3.05) is 13.1 Å². The minimum atomic E-state index is -0.304. The fourth-order valence-electron chi connectivity index (χ4n) is 3.92. The summed E-state index contributed by atoms with van der Waals surface area (Å²) in [6.07, 6.45) is 7.83. The van der Waals surface area contributed by atoms with Crippen LogP contribution in [0.4, 0.5) is 0 Å². The first-order valence-corrected chi connectivity index (χ1v) is 8.96. The van der Waals surface area contributed by atoms with Crippen LogP contribution in [0.15, 0.2) is 49.1 Å². The quantitative estimate of drug-likeness (QED) is 0.778. The molecule has 1 N–H and O–H groups in total. The summed E-state index contributed by atoms with van der Waals surface area (Å²) in [4.78, 5) is 10.8. The summed E-state index contributed by atoms with van der Waals surface area (Å²) in [5, 5.41) is 11.8. The molecule has 0 amide bonds. The van der Waals surface area contributed by atoms with Crippen LogP contribution in [0.3, 0.4) is 0 Å². The van der Waals surface area contributed by atoms with E-state index >= 15 is 0 Å². The molecule has 130 valence electrons. The smallest absolute Gasteiger partial charge is 0.0711 e. The Bertz CT molecular complexity index is 845. The average Bonchev–Trinajstić information content (AvgIpc) is 3.20. The maximum absolute atomic E-state index is 10.5. The maximum atomic E-state index is 10.5. The Kier molecular flexibility index (Phi) is 4.51. The molecule has 4 rings (SSSR count). The molecule has 0 radical (unpaired) electrons. The summed E-state index contributed by atoms with van der Waals surface area (Å²) < 4.78 is 2.27. The summed E-state index contributed by atoms with van der Waals surface area (Å²) in [7, 11) is 0. The SMILES string of the molecule is CCn1ccc2c(CN3C[C@@H](Cc4cnccn4)[C@H](O)C3)cccc21. The van der Waals surface area contributed by atoms with Crippen molar-refractivity contribution >= 4 is 10.9 Å². The number of aliphatic hydroxyl groups is 1. The molecule has 5 heteroatoms. The van der Waals surface area contributed by atoms with Crippen molar-refractivity contribution in [2.24, 2.45) is 5.92 Å². The molecule has 1 aliphatic heterocycles. The van der Waals surface area contributed by atoms with Crippen molar-refractivity contribution in [1.29, 1.82) is 0 Å². The van der Waals surface area contributed by atoms with Gasteiger partial charge >= 0.3 is 0 Å². The highest BCUT2D eigenvalue weighted by Gasteiger charge is 2.31. The second-order valence-electron chi connectivity index (χ2n) is 6.87. The first-order chi connectivity index (χ1) is 12.2. The monoisotopic (exact) mass is 336 g/mol. The van der Waals surface area contributed by atoms with Crippen LogP contribution in [0.5, 0.6) is 0 Å². The molecular weight excluding hydrogens is 312 g/mol. The van der Waals surface area contributed by atoms with Crippen LogP contribution < -0.4 is 0 Å². The Hall–Kier alpha value is -2.24. The highest BCUT2D eigenvalue weighted by molar-refractivity contribution is 5.83. The summed E-state index contributed by atoms with van der Waals surface area (Å²) >= 11 is 0. The van der Waals surface area contributed by atoms with Gasteiger partial charge in [0.1, 0.15) is 0 Å². The van der Waals surface area contributed by atoms with Crippen LogP contribution >= 0.6 is 0 Å². The molecule has 0 unspecified atom stereocenters. The van der Waals surface area contributed by atoms with Crippen LogP contribution in [0.25, 0.3) is 10.9 Å². The molecule has 25 heavy (non-hydrogen) atoms. The highest BCUT2D eigenvalue weighted by Crippen LogP contribution is 2.26. The van der Waals surface area contributed by atoms with Gasteiger partial charge < -0.3 is 9.67 Å². The lowest BCUT2D eigenvalue weighted by atomic mass is 10.0. The molecule has 1 aromatic carbocycles. The summed E-state index contributed by atoms with van der Waals surface area (Å²) in [6, 6.07) is 8.72. The minimum absolute atomic E-state index is 0.219. The zero-order valence-corrected chi connectivity index (χ0v) is 14.5. The summed E-state index contributed by atoms with van der Waals surface area (Å²) in [5.74, 6) is 0.219. The molecule has 3 heterocycles. The van der Waals surface area contributed by atoms with Crippen molar-refractivity contribution in [3.05, 3.63) is 60.3 Å². The van der Waals surface area contributed by atoms with Crippen LogP contribution in [0.2, 0.25) is 0 Å². The van der Waals surface area contributed by atoms with E-state index in [2.05, 4.69) is 56.8 Å². The van der Waals surface area contributed by atoms with E-state index in [9.17, 15) is 5.11 Å². The first kappa shape index (κ1) is 16.2. The molecule has 0 saturated carbocycles. The number of rotatable bonds is 5. The number of hydrogen-bond donors (Lipinski definition) is 1. The molecule has 3 aromatic rings. The van der Waals surface area contributed by atoms with E-state index in [-0.39, 0.29) is 12.0 Å². The van der Waals surface area contributed by atoms with E-state index in [0.29, 0.717) is 0 Å². The molecule has 0 spiro atoms. The van der Waals surface area contributed by atoms with Gasteiger partial charge in [-0.05, 0) is 31.0 Å². The Balaban J connectivity index is 1.48. The Morgan fingerprint density at radius 2 is 2.12 bits per heavy atom. The third-order valence-corrected chi connectivity index (χ3v) is 5.21. The predicted molar refractivity (Wildman–Crippen MR) is 98.1 cm³/mol. The van der Waals surface area contributed by atoms with Crippen molar-refractivity contribution in [1.82, 2.24) is 19.4 Å². The number of likely N-dealkylation sites (tertiary alicyclic amines) is 1. The van der Waals surface area contributed by atoms with Crippen molar-refractivity contribution < 1.29 is 5.11 Å². The van der Waals surface area contributed by atoms with Gasteiger partial charge in [0.25, 0.3) is 0 Å². The number of nitrogens with zero attached hydrogens (tertiary/aromatic N) is 4. The first-order valence-electron chi connectivity index (χ1n) is 8.96. The van der Waals surface area contributed by atoms with E-state index in [1.165, 1.54) is 16.5 Å². The van der Waals surface area contributed by atoms with Crippen LogP contribution in [0.1, 0.15) is 18.2 Å². The summed E-state index contributed by atoms with van der Waals surface area (Å²) in [5.41, 5.74) is 3.57. The van der Waals surface area contributed by atoms with E-state index in [4.69, 9.17) is 0 Å². The zero-order chi connectivity index (χ0) is 17.2. The van der Waals surface area contributed by atoms with Gasteiger partial charge in [0, 0.05) is 67.8 Å². The number of aromatic nitrogens is 3. The molecular formula is C20H24N4O. The lowest BCUT2D eigenvalue weighted by Gasteiger charge is -2.16. The molecule has 0 aliphatic carbocycles. The van der Waals surface area contributed by atoms with E-state index < -0.39 is 0 Å². The average molecular weight is 336 g/mol. The van der Waals surface area contributed by atoms with E-state index in [1.54, 1.807) is 18.6 Å². The van der Waals surface area contributed by atoms with Crippen molar-refractivity contribution in [2.45, 2.75) is 32.5 Å². The van der Waals surface area contributed by atoms with Crippen molar-refractivity contribution in [3.63, 3.8) is 0 Å². The molecule has 1 saturated heterocycles. The van der Waals surface area contributed by atoms with Crippen LogP contribution in [-0.2, 0) is 19.5 Å². The standard InChI is InChI=1S/C20H24N4O/c1-2-24-9-6-18-15(4-3-5-19(18)24)12-23-13-16(20(25)14-23)10-17-11-21-7-8-22-17/h3-9,11,16,20,25H,2,10,12-14H2,1H3/t16-,20-/m1/s1. The topological polar surface area (TPSA) is 54.2 Å². The molecule has 1 fully saturated rings. The van der Waals surface area contributed by atoms with Gasteiger partial charge in [-0.3, -0.25) is 14.9 Å². The number of aryl methyl sites for hydroxylation is 1. The number of β-amino-alcohol motifs (C(OH)–C–C–N with tert-alkyl or cyclic N) is 1. The molecule has 2 atom stereocenters. The fourth-order valence-corrected chi connectivity index (χ4v) is 3.92. The highest BCUT2D eigenvalue weighted by atomic mass is 16.3. The predicted octanol–water partition coefficient (Wildman–Crippen LogP) is 2.49. The fraction of sp³-hybridized carbons (Fsp3) is 0.400. The second kappa shape index (κ2) is 6.94. The van der Waals surface area contributed by atoms with Gasteiger partial charge in [-0.15, -0.1) is 0 Å². The van der Waals surface area contributed by atoms with E-state index in [1.807, 2.05) is 0 Å². The minimum Gasteiger partial charge on any atom is -0.391 e. The van der Waals surface area contributed by atoms with Gasteiger partial charge in [-0.1, -0.05) is 12.1 Å². The third kappa shape index (κ3) is 3.30. The normalized spacial score (nSPS) is 21.2. The largest absolute Gasteiger partial charge is 0.391 e. The van der Waals surface area contributed by atoms with E-state index in [0.717, 1.165) is 38.3 Å². The van der Waals surface area contributed by atoms with Gasteiger partial charge in [-0.2, -0.15) is 0 Å². The molecule has 5 nitrogen and oxygen atoms in total. The van der Waals surface area contributed by atoms with Gasteiger partial charge in [0.05, 0.1) is 11.8 Å². The summed E-state index contributed by atoms with van der Waals surface area (Å²) in [6.45, 7) is 5.63. The lowest BCUT2D eigenvalue weighted by Crippen LogP contribution is -2.21. The Morgan fingerprint density at radius 3 is 2.92 bits per heavy atom. The second-order valence-corrected chi connectivity index (χ2v) is 6.87. The van der Waals surface area contributed by atoms with Gasteiger partial charge in [0.2, 0.25) is 0 Å².